The molecule has 90 valence electrons. The van der Waals surface area contributed by atoms with Gasteiger partial charge in [-0.1, -0.05) is 11.6 Å². The molecule has 1 rings (SSSR count). The molecule has 4 nitrogen and oxygen atoms in total. The number of carbonyl (C=O) groups excluding carboxylic acids is 1. The van der Waals surface area contributed by atoms with E-state index in [9.17, 15) is 4.79 Å². The highest BCUT2D eigenvalue weighted by atomic mass is 35.5. The molecule has 1 N–H and O–H groups in total. The van der Waals surface area contributed by atoms with E-state index in [0.29, 0.717) is 22.9 Å². The van der Waals surface area contributed by atoms with Crippen LogP contribution in [0, 0.1) is 11.3 Å². The van der Waals surface area contributed by atoms with Gasteiger partial charge in [-0.3, -0.25) is 4.79 Å². The number of halogens is 1. The summed E-state index contributed by atoms with van der Waals surface area (Å²) >= 11 is 5.91. The maximum Gasteiger partial charge on any atom is 0.223 e. The first-order valence-electron chi connectivity index (χ1n) is 5.26. The molecule has 0 spiro atoms. The van der Waals surface area contributed by atoms with Crippen LogP contribution in [0.2, 0.25) is 5.02 Å². The average molecular weight is 253 g/mol. The van der Waals surface area contributed by atoms with Crippen LogP contribution in [0.5, 0.6) is 5.75 Å². The van der Waals surface area contributed by atoms with Crippen molar-refractivity contribution in [2.24, 2.45) is 0 Å². The minimum atomic E-state index is -0.0581. The van der Waals surface area contributed by atoms with Gasteiger partial charge in [-0.15, -0.1) is 0 Å². The van der Waals surface area contributed by atoms with Crippen molar-refractivity contribution >= 4 is 17.5 Å². The van der Waals surface area contributed by atoms with Crippen molar-refractivity contribution in [1.29, 1.82) is 5.26 Å². The summed E-state index contributed by atoms with van der Waals surface area (Å²) in [4.78, 5) is 11.2. The second kappa shape index (κ2) is 6.77. The lowest BCUT2D eigenvalue weighted by molar-refractivity contribution is -0.121. The number of benzene rings is 1. The number of hydrogen-bond donors (Lipinski definition) is 1. The summed E-state index contributed by atoms with van der Waals surface area (Å²) in [5.41, 5.74) is 0.478. The van der Waals surface area contributed by atoms with E-state index in [1.807, 2.05) is 13.0 Å². The quantitative estimate of drug-likeness (QED) is 0.873. The summed E-state index contributed by atoms with van der Waals surface area (Å²) in [7, 11) is 0. The van der Waals surface area contributed by atoms with Crippen LogP contribution in [0.4, 0.5) is 0 Å². The van der Waals surface area contributed by atoms with E-state index in [1.54, 1.807) is 12.1 Å². The number of ether oxygens (including phenoxy) is 1. The monoisotopic (exact) mass is 252 g/mol. The van der Waals surface area contributed by atoms with Crippen LogP contribution in [-0.4, -0.2) is 19.1 Å². The number of carbonyl (C=O) groups is 1. The molecule has 0 atom stereocenters. The molecular weight excluding hydrogens is 240 g/mol. The standard InChI is InChI=1S/C12H13ClN2O2/c1-2-15-12(16)5-6-17-11-4-3-9(8-14)7-10(11)13/h3-4,7H,2,5-6H2,1H3,(H,15,16). The van der Waals surface area contributed by atoms with Crippen LogP contribution in [0.15, 0.2) is 18.2 Å². The zero-order valence-electron chi connectivity index (χ0n) is 9.50. The Labute approximate surface area is 105 Å². The molecule has 0 aromatic heterocycles. The summed E-state index contributed by atoms with van der Waals surface area (Å²) in [6.07, 6.45) is 0.282. The molecule has 0 fully saturated rings. The van der Waals surface area contributed by atoms with E-state index in [-0.39, 0.29) is 18.9 Å². The number of amides is 1. The van der Waals surface area contributed by atoms with E-state index in [1.165, 1.54) is 6.07 Å². The summed E-state index contributed by atoms with van der Waals surface area (Å²) in [6, 6.07) is 6.75. The number of nitrogens with one attached hydrogen (secondary N) is 1. The van der Waals surface area contributed by atoms with Gasteiger partial charge in [-0.05, 0) is 25.1 Å². The Hall–Kier alpha value is -1.73. The lowest BCUT2D eigenvalue weighted by Gasteiger charge is -2.07. The molecule has 0 heterocycles. The van der Waals surface area contributed by atoms with Gasteiger partial charge >= 0.3 is 0 Å². The predicted molar refractivity (Wildman–Crippen MR) is 65.0 cm³/mol. The van der Waals surface area contributed by atoms with Crippen molar-refractivity contribution in [1.82, 2.24) is 5.32 Å². The zero-order valence-corrected chi connectivity index (χ0v) is 10.3. The third-order valence-electron chi connectivity index (χ3n) is 2.02. The maximum atomic E-state index is 11.2. The van der Waals surface area contributed by atoms with Crippen molar-refractivity contribution in [3.8, 4) is 11.8 Å². The van der Waals surface area contributed by atoms with Gasteiger partial charge in [-0.25, -0.2) is 0 Å². The molecule has 0 saturated heterocycles. The van der Waals surface area contributed by atoms with Crippen LogP contribution in [0.1, 0.15) is 18.9 Å². The summed E-state index contributed by atoms with van der Waals surface area (Å²) in [6.45, 7) is 2.73. The average Bonchev–Trinajstić information content (AvgIpc) is 2.31. The molecule has 0 aliphatic carbocycles. The third-order valence-corrected chi connectivity index (χ3v) is 2.32. The zero-order chi connectivity index (χ0) is 12.7. The smallest absolute Gasteiger partial charge is 0.223 e. The van der Waals surface area contributed by atoms with Gasteiger partial charge in [0.1, 0.15) is 5.75 Å². The fraction of sp³-hybridized carbons (Fsp3) is 0.333. The van der Waals surface area contributed by atoms with Crippen molar-refractivity contribution in [3.63, 3.8) is 0 Å². The molecule has 0 aliphatic rings. The van der Waals surface area contributed by atoms with Gasteiger partial charge in [0.15, 0.2) is 0 Å². The Morgan fingerprint density at radius 3 is 2.94 bits per heavy atom. The molecule has 1 aromatic rings. The van der Waals surface area contributed by atoms with Crippen molar-refractivity contribution < 1.29 is 9.53 Å². The Kier molecular flexibility index (Phi) is 5.31. The first-order chi connectivity index (χ1) is 8.17. The minimum absolute atomic E-state index is 0.0581. The van der Waals surface area contributed by atoms with Crippen molar-refractivity contribution in [2.75, 3.05) is 13.2 Å². The number of rotatable bonds is 5. The summed E-state index contributed by atoms with van der Waals surface area (Å²) < 4.78 is 5.35. The lowest BCUT2D eigenvalue weighted by Crippen LogP contribution is -2.24. The van der Waals surface area contributed by atoms with E-state index in [4.69, 9.17) is 21.6 Å². The number of nitriles is 1. The molecule has 0 saturated carbocycles. The molecule has 0 aliphatic heterocycles. The normalized spacial score (nSPS) is 9.47. The van der Waals surface area contributed by atoms with Gasteiger partial charge < -0.3 is 10.1 Å². The van der Waals surface area contributed by atoms with Crippen molar-refractivity contribution in [2.45, 2.75) is 13.3 Å². The molecule has 0 bridgehead atoms. The van der Waals surface area contributed by atoms with E-state index in [0.717, 1.165) is 0 Å². The highest BCUT2D eigenvalue weighted by molar-refractivity contribution is 6.32. The Morgan fingerprint density at radius 2 is 2.35 bits per heavy atom. The van der Waals surface area contributed by atoms with Crippen LogP contribution in [0.25, 0.3) is 0 Å². The first-order valence-corrected chi connectivity index (χ1v) is 5.64. The molecule has 17 heavy (non-hydrogen) atoms. The molecule has 1 aromatic carbocycles. The van der Waals surface area contributed by atoms with Crippen LogP contribution in [0.3, 0.4) is 0 Å². The first kappa shape index (κ1) is 13.3. The molecule has 5 heteroatoms. The minimum Gasteiger partial charge on any atom is -0.491 e. The van der Waals surface area contributed by atoms with E-state index >= 15 is 0 Å². The Balaban J connectivity index is 2.47. The molecule has 1 amide bonds. The van der Waals surface area contributed by atoms with Gasteiger partial charge in [0.25, 0.3) is 0 Å². The van der Waals surface area contributed by atoms with Crippen LogP contribution < -0.4 is 10.1 Å². The molecule has 0 unspecified atom stereocenters. The van der Waals surface area contributed by atoms with E-state index < -0.39 is 0 Å². The topological polar surface area (TPSA) is 62.1 Å². The summed E-state index contributed by atoms with van der Waals surface area (Å²) in [5, 5.41) is 11.7. The Bertz CT molecular complexity index is 441. The van der Waals surface area contributed by atoms with Crippen molar-refractivity contribution in [3.05, 3.63) is 28.8 Å². The second-order valence-electron chi connectivity index (χ2n) is 3.31. The predicted octanol–water partition coefficient (Wildman–Crippen LogP) is 2.12. The Morgan fingerprint density at radius 1 is 1.59 bits per heavy atom. The lowest BCUT2D eigenvalue weighted by atomic mass is 10.2. The largest absolute Gasteiger partial charge is 0.491 e. The number of nitrogens with zero attached hydrogens (tertiary/aromatic N) is 1. The van der Waals surface area contributed by atoms with Crippen LogP contribution in [-0.2, 0) is 4.79 Å². The number of hydrogen-bond acceptors (Lipinski definition) is 3. The SMILES string of the molecule is CCNC(=O)CCOc1ccc(C#N)cc1Cl. The summed E-state index contributed by atoms with van der Waals surface area (Å²) in [5.74, 6) is 0.423. The van der Waals surface area contributed by atoms with Gasteiger partial charge in [0, 0.05) is 6.54 Å². The second-order valence-corrected chi connectivity index (χ2v) is 3.72. The maximum absolute atomic E-state index is 11.2. The third kappa shape index (κ3) is 4.33. The molecule has 0 radical (unpaired) electrons. The van der Waals surface area contributed by atoms with Gasteiger partial charge in [0.2, 0.25) is 5.91 Å². The van der Waals surface area contributed by atoms with E-state index in [2.05, 4.69) is 5.32 Å². The van der Waals surface area contributed by atoms with Gasteiger partial charge in [0.05, 0.1) is 29.7 Å². The fourth-order valence-electron chi connectivity index (χ4n) is 1.23. The fourth-order valence-corrected chi connectivity index (χ4v) is 1.46. The highest BCUT2D eigenvalue weighted by Gasteiger charge is 2.04. The highest BCUT2D eigenvalue weighted by Crippen LogP contribution is 2.25. The molecular formula is C12H13ClN2O2. The van der Waals surface area contributed by atoms with Gasteiger partial charge in [-0.2, -0.15) is 5.26 Å². The van der Waals surface area contributed by atoms with Crippen LogP contribution >= 0.6 is 11.6 Å².